The summed E-state index contributed by atoms with van der Waals surface area (Å²) in [4.78, 5) is 2.32. The van der Waals surface area contributed by atoms with Crippen molar-refractivity contribution in [2.75, 3.05) is 11.4 Å². The Kier molecular flexibility index (Phi) is 7.38. The van der Waals surface area contributed by atoms with Crippen LogP contribution < -0.4 is 9.64 Å². The summed E-state index contributed by atoms with van der Waals surface area (Å²) in [6, 6.07) is 12.0. The largest absolute Gasteiger partial charge is 0.573 e. The van der Waals surface area contributed by atoms with Crippen LogP contribution in [0.4, 0.5) is 27.6 Å². The van der Waals surface area contributed by atoms with Crippen LogP contribution in [0.25, 0.3) is 11.1 Å². The molecule has 3 nitrogen and oxygen atoms in total. The van der Waals surface area contributed by atoms with Crippen LogP contribution in [0.3, 0.4) is 0 Å². The van der Waals surface area contributed by atoms with Gasteiger partial charge in [0.25, 0.3) is 0 Å². The molecule has 8 heteroatoms. The smallest absolute Gasteiger partial charge is 0.435 e. The fourth-order valence-corrected chi connectivity index (χ4v) is 5.06. The van der Waals surface area contributed by atoms with Gasteiger partial charge in [0.1, 0.15) is 11.5 Å². The Labute approximate surface area is 201 Å². The van der Waals surface area contributed by atoms with Crippen molar-refractivity contribution in [3.05, 3.63) is 72.0 Å². The van der Waals surface area contributed by atoms with Crippen LogP contribution in [-0.4, -0.2) is 25.6 Å². The Balaban J connectivity index is 1.69. The summed E-state index contributed by atoms with van der Waals surface area (Å²) in [5.41, 5.74) is 3.60. The molecule has 0 fully saturated rings. The van der Waals surface area contributed by atoms with Crippen molar-refractivity contribution >= 4 is 5.69 Å². The maximum atomic E-state index is 12.8. The molecule has 1 heterocycles. The molecular formula is C27H28F5NO2. The van der Waals surface area contributed by atoms with Crippen LogP contribution in [0.5, 0.6) is 5.75 Å². The van der Waals surface area contributed by atoms with Crippen LogP contribution >= 0.6 is 0 Å². The maximum absolute atomic E-state index is 12.8. The zero-order chi connectivity index (χ0) is 25.2. The van der Waals surface area contributed by atoms with E-state index < -0.39 is 13.0 Å². The van der Waals surface area contributed by atoms with Gasteiger partial charge in [-0.3, -0.25) is 0 Å². The second-order valence-electron chi connectivity index (χ2n) is 9.28. The Bertz CT molecular complexity index is 1090. The zero-order valence-corrected chi connectivity index (χ0v) is 19.6. The molecule has 0 saturated carbocycles. The molecule has 0 saturated heterocycles. The zero-order valence-electron chi connectivity index (χ0n) is 19.6. The summed E-state index contributed by atoms with van der Waals surface area (Å²) in [6.45, 7) is 2.13. The second-order valence-corrected chi connectivity index (χ2v) is 9.28. The highest BCUT2D eigenvalue weighted by Gasteiger charge is 2.34. The van der Waals surface area contributed by atoms with Crippen LogP contribution in [0.2, 0.25) is 0 Å². The van der Waals surface area contributed by atoms with Crippen molar-refractivity contribution in [3.8, 4) is 16.9 Å². The van der Waals surface area contributed by atoms with Gasteiger partial charge in [-0.05, 0) is 72.2 Å². The first-order chi connectivity index (χ1) is 16.6. The highest BCUT2D eigenvalue weighted by Crippen LogP contribution is 2.42. The number of fused-ring (bicyclic) bond motifs is 1. The lowest BCUT2D eigenvalue weighted by atomic mass is 9.81. The minimum absolute atomic E-state index is 0.00724. The summed E-state index contributed by atoms with van der Waals surface area (Å²) in [6.07, 6.45) is 2.71. The van der Waals surface area contributed by atoms with Crippen molar-refractivity contribution in [1.82, 2.24) is 0 Å². The molecule has 0 spiro atoms. The van der Waals surface area contributed by atoms with Crippen LogP contribution in [0, 0.1) is 11.8 Å². The van der Waals surface area contributed by atoms with E-state index in [4.69, 9.17) is 0 Å². The third-order valence-electron chi connectivity index (χ3n) is 6.28. The number of alkyl halides is 5. The van der Waals surface area contributed by atoms with Crippen molar-refractivity contribution in [3.63, 3.8) is 0 Å². The number of nitrogens with zero attached hydrogens (tertiary/aromatic N) is 1. The Hall–Kier alpha value is -3.03. The Morgan fingerprint density at radius 3 is 2.57 bits per heavy atom. The van der Waals surface area contributed by atoms with E-state index in [0.29, 0.717) is 17.9 Å². The topological polar surface area (TPSA) is 21.7 Å². The van der Waals surface area contributed by atoms with Crippen molar-refractivity contribution in [1.29, 1.82) is 0 Å². The fourth-order valence-electron chi connectivity index (χ4n) is 5.06. The molecule has 1 aliphatic heterocycles. The number of benzene rings is 2. The molecule has 1 unspecified atom stereocenters. The Morgan fingerprint density at radius 1 is 1.09 bits per heavy atom. The quantitative estimate of drug-likeness (QED) is 0.369. The maximum Gasteiger partial charge on any atom is 0.573 e. The summed E-state index contributed by atoms with van der Waals surface area (Å²) in [5, 5.41) is 0. The van der Waals surface area contributed by atoms with Gasteiger partial charge in [0, 0.05) is 24.2 Å². The summed E-state index contributed by atoms with van der Waals surface area (Å²) in [7, 11) is 0. The normalized spacial score (nSPS) is 20.1. The molecule has 4 rings (SSSR count). The van der Waals surface area contributed by atoms with E-state index >= 15 is 0 Å². The fraction of sp³-hybridized carbons (Fsp3) is 0.407. The Morgan fingerprint density at radius 2 is 1.86 bits per heavy atom. The summed E-state index contributed by atoms with van der Waals surface area (Å²) < 4.78 is 72.6. The van der Waals surface area contributed by atoms with Crippen molar-refractivity contribution in [2.45, 2.75) is 52.1 Å². The molecule has 0 aromatic heterocycles. The minimum atomic E-state index is -4.76. The van der Waals surface area contributed by atoms with Crippen LogP contribution in [-0.2, 0) is 11.2 Å². The monoisotopic (exact) mass is 493 g/mol. The first-order valence-corrected chi connectivity index (χ1v) is 11.7. The lowest BCUT2D eigenvalue weighted by Gasteiger charge is -2.44. The molecule has 35 heavy (non-hydrogen) atoms. The van der Waals surface area contributed by atoms with Crippen molar-refractivity contribution < 1.29 is 31.4 Å². The standard InChI is InChI=1S/C27H28F5NO2/c1-17(2)16-33-24(19-7-4-8-20(15-19)34-26(28)29)13-12-23-22(10-5-11-25(23)33)18-6-3-9-21(14-18)35-27(30,31)32/h3-6,8-11,14-15,17,19,24,26H,7,12-13,16H2,1-2H3/t19?,24-/m1/s1. The molecule has 0 radical (unpaired) electrons. The molecule has 2 aromatic carbocycles. The van der Waals surface area contributed by atoms with Gasteiger partial charge in [0.2, 0.25) is 0 Å². The van der Waals surface area contributed by atoms with Gasteiger partial charge in [-0.15, -0.1) is 13.2 Å². The van der Waals surface area contributed by atoms with Gasteiger partial charge in [0.15, 0.2) is 0 Å². The number of anilines is 1. The molecule has 0 bridgehead atoms. The van der Waals surface area contributed by atoms with E-state index in [1.807, 2.05) is 24.3 Å². The average molecular weight is 494 g/mol. The van der Waals surface area contributed by atoms with E-state index in [0.717, 1.165) is 36.2 Å². The highest BCUT2D eigenvalue weighted by atomic mass is 19.4. The van der Waals surface area contributed by atoms with Crippen LogP contribution in [0.1, 0.15) is 32.3 Å². The van der Waals surface area contributed by atoms with Gasteiger partial charge in [-0.25, -0.2) is 0 Å². The van der Waals surface area contributed by atoms with E-state index in [1.54, 1.807) is 24.3 Å². The molecule has 0 N–H and O–H groups in total. The van der Waals surface area contributed by atoms with E-state index in [-0.39, 0.29) is 23.5 Å². The predicted octanol–water partition coefficient (Wildman–Crippen LogP) is 7.73. The van der Waals surface area contributed by atoms with E-state index in [1.165, 1.54) is 12.1 Å². The number of ether oxygens (including phenoxy) is 2. The number of halogens is 5. The molecule has 2 aliphatic rings. The molecule has 0 amide bonds. The van der Waals surface area contributed by atoms with Gasteiger partial charge in [-0.2, -0.15) is 8.78 Å². The first kappa shape index (κ1) is 25.1. The molecule has 188 valence electrons. The average Bonchev–Trinajstić information content (AvgIpc) is 2.77. The van der Waals surface area contributed by atoms with Crippen LogP contribution in [0.15, 0.2) is 66.5 Å². The third-order valence-corrected chi connectivity index (χ3v) is 6.28. The van der Waals surface area contributed by atoms with Gasteiger partial charge in [-0.1, -0.05) is 44.2 Å². The number of hydrogen-bond donors (Lipinski definition) is 0. The lowest BCUT2D eigenvalue weighted by Crippen LogP contribution is -2.46. The molecule has 2 aromatic rings. The molecular weight excluding hydrogens is 465 g/mol. The second kappa shape index (κ2) is 10.3. The summed E-state index contributed by atoms with van der Waals surface area (Å²) >= 11 is 0. The van der Waals surface area contributed by atoms with Gasteiger partial charge < -0.3 is 14.4 Å². The van der Waals surface area contributed by atoms with Crippen molar-refractivity contribution in [2.24, 2.45) is 11.8 Å². The van der Waals surface area contributed by atoms with E-state index in [9.17, 15) is 22.0 Å². The van der Waals surface area contributed by atoms with Gasteiger partial charge >= 0.3 is 13.0 Å². The summed E-state index contributed by atoms with van der Waals surface area (Å²) in [5.74, 6) is 0.274. The van der Waals surface area contributed by atoms with Gasteiger partial charge in [0.05, 0.1) is 0 Å². The third kappa shape index (κ3) is 6.16. The highest BCUT2D eigenvalue weighted by molar-refractivity contribution is 5.76. The SMILES string of the molecule is CC(C)CN1c2cccc(-c3cccc(OC(F)(F)F)c3)c2CC[C@@H]1C1C=C(OC(F)F)C=CC1. The lowest BCUT2D eigenvalue weighted by molar-refractivity contribution is -0.274. The predicted molar refractivity (Wildman–Crippen MR) is 125 cm³/mol. The minimum Gasteiger partial charge on any atom is -0.435 e. The molecule has 2 atom stereocenters. The number of allylic oxidation sites excluding steroid dienone is 2. The number of rotatable bonds is 7. The first-order valence-electron chi connectivity index (χ1n) is 11.7. The molecule has 1 aliphatic carbocycles. The number of hydrogen-bond acceptors (Lipinski definition) is 3. The van der Waals surface area contributed by atoms with E-state index in [2.05, 4.69) is 28.2 Å².